The molecule has 0 N–H and O–H groups in total. The molecule has 3 rings (SSSR count). The number of hydrogen-bond acceptors (Lipinski definition) is 3. The van der Waals surface area contributed by atoms with Gasteiger partial charge in [0, 0.05) is 0 Å². The highest BCUT2D eigenvalue weighted by molar-refractivity contribution is 6.26. The topological polar surface area (TPSA) is 37.2 Å². The van der Waals surface area contributed by atoms with Gasteiger partial charge in [0.05, 0.1) is 6.61 Å². The molecule has 0 aromatic heterocycles. The van der Waals surface area contributed by atoms with Crippen molar-refractivity contribution in [3.63, 3.8) is 0 Å². The zero-order valence-corrected chi connectivity index (χ0v) is 8.74. The first-order valence-corrected chi connectivity index (χ1v) is 4.95. The Labute approximate surface area is 96.3 Å². The summed E-state index contributed by atoms with van der Waals surface area (Å²) >= 11 is 5.12. The normalized spacial score (nSPS) is 56.6. The van der Waals surface area contributed by atoms with E-state index in [0.29, 0.717) is 0 Å². The molecule has 94 valence electrons. The minimum absolute atomic E-state index is 0.713. The number of rotatable bonds is 0. The van der Waals surface area contributed by atoms with Crippen molar-refractivity contribution in [1.82, 2.24) is 0 Å². The van der Waals surface area contributed by atoms with Gasteiger partial charge in [0.1, 0.15) is 6.54 Å². The van der Waals surface area contributed by atoms with Crippen LogP contribution in [-0.4, -0.2) is 35.3 Å². The van der Waals surface area contributed by atoms with E-state index >= 15 is 0 Å². The van der Waals surface area contributed by atoms with E-state index in [9.17, 15) is 22.0 Å². The lowest BCUT2D eigenvalue weighted by atomic mass is 9.75. The van der Waals surface area contributed by atoms with Gasteiger partial charge in [-0.15, -0.1) is 5.11 Å². The highest BCUT2D eigenvalue weighted by atomic mass is 35.5. The average Bonchev–Trinajstić information content (AvgIpc) is 3.01. The molecule has 17 heavy (non-hydrogen) atoms. The van der Waals surface area contributed by atoms with Crippen molar-refractivity contribution in [1.29, 1.82) is 0 Å². The van der Waals surface area contributed by atoms with Crippen molar-refractivity contribution >= 4 is 11.6 Å². The van der Waals surface area contributed by atoms with Crippen molar-refractivity contribution in [2.24, 2.45) is 10.2 Å². The van der Waals surface area contributed by atoms with Gasteiger partial charge >= 0.3 is 0 Å². The van der Waals surface area contributed by atoms with E-state index in [1.807, 2.05) is 0 Å². The fraction of sp³-hybridized carbons (Fsp3) is 0.750. The monoisotopic (exact) mass is 274 g/mol. The standard InChI is InChI=1S/C8H4ClF5N2O/c9-7(13)4(11)3(10)5(12)1-15-16-8(5,14)6(7)2-17-6/h1-2H2/t5-,6?,7-,8+/m0/s1. The maximum absolute atomic E-state index is 14.4. The number of hydrogen-bond donors (Lipinski definition) is 0. The summed E-state index contributed by atoms with van der Waals surface area (Å²) in [6.07, 6.45) is 0. The molecular formula is C8H4ClF5N2O. The summed E-state index contributed by atoms with van der Waals surface area (Å²) in [7, 11) is 0. The highest BCUT2D eigenvalue weighted by Crippen LogP contribution is 2.67. The Hall–Kier alpha value is -0.760. The molecule has 0 bridgehead atoms. The fourth-order valence-corrected chi connectivity index (χ4v) is 2.49. The van der Waals surface area contributed by atoms with Crippen LogP contribution in [-0.2, 0) is 4.74 Å². The summed E-state index contributed by atoms with van der Waals surface area (Å²) < 4.78 is 73.6. The number of ether oxygens (including phenoxy) is 1. The molecule has 0 aromatic carbocycles. The van der Waals surface area contributed by atoms with E-state index in [2.05, 4.69) is 15.0 Å². The van der Waals surface area contributed by atoms with Crippen LogP contribution in [0.4, 0.5) is 22.0 Å². The lowest BCUT2D eigenvalue weighted by Gasteiger charge is -2.41. The summed E-state index contributed by atoms with van der Waals surface area (Å²) in [6, 6.07) is 0. The molecule has 0 radical (unpaired) electrons. The Morgan fingerprint density at radius 3 is 2.29 bits per heavy atom. The van der Waals surface area contributed by atoms with Crippen LogP contribution in [0.1, 0.15) is 0 Å². The molecule has 9 heteroatoms. The second-order valence-electron chi connectivity index (χ2n) is 4.14. The molecule has 3 nitrogen and oxygen atoms in total. The van der Waals surface area contributed by atoms with Gasteiger partial charge in [-0.25, -0.2) is 22.0 Å². The van der Waals surface area contributed by atoms with E-state index in [1.54, 1.807) is 0 Å². The first kappa shape index (κ1) is 11.3. The smallest absolute Gasteiger partial charge is 0.296 e. The van der Waals surface area contributed by atoms with Crippen molar-refractivity contribution in [2.45, 2.75) is 22.2 Å². The predicted octanol–water partition coefficient (Wildman–Crippen LogP) is 2.66. The summed E-state index contributed by atoms with van der Waals surface area (Å²) in [4.78, 5) is 0. The number of halogens is 6. The van der Waals surface area contributed by atoms with Crippen LogP contribution in [0.5, 0.6) is 0 Å². The molecule has 2 heterocycles. The molecule has 0 saturated carbocycles. The Balaban J connectivity index is 2.32. The number of fused-ring (bicyclic) bond motifs is 2. The molecule has 4 atom stereocenters. The van der Waals surface area contributed by atoms with Crippen molar-refractivity contribution in [2.75, 3.05) is 13.2 Å². The van der Waals surface area contributed by atoms with E-state index in [1.165, 1.54) is 0 Å². The summed E-state index contributed by atoms with van der Waals surface area (Å²) in [6.45, 7) is -1.80. The van der Waals surface area contributed by atoms with Gasteiger partial charge in [-0.1, -0.05) is 11.6 Å². The molecule has 1 aliphatic carbocycles. The highest BCUT2D eigenvalue weighted by Gasteiger charge is 2.89. The summed E-state index contributed by atoms with van der Waals surface area (Å²) in [5, 5.41) is 2.20. The van der Waals surface area contributed by atoms with Crippen LogP contribution in [0.3, 0.4) is 0 Å². The first-order chi connectivity index (χ1) is 7.73. The Morgan fingerprint density at radius 1 is 1.18 bits per heavy atom. The third kappa shape index (κ3) is 0.875. The molecular weight excluding hydrogens is 271 g/mol. The van der Waals surface area contributed by atoms with Crippen LogP contribution in [0.15, 0.2) is 21.9 Å². The van der Waals surface area contributed by atoms with Crippen molar-refractivity contribution < 1.29 is 26.7 Å². The first-order valence-electron chi connectivity index (χ1n) is 4.57. The van der Waals surface area contributed by atoms with E-state index in [4.69, 9.17) is 11.6 Å². The number of epoxide rings is 1. The van der Waals surface area contributed by atoms with Crippen LogP contribution < -0.4 is 0 Å². The van der Waals surface area contributed by atoms with Gasteiger partial charge in [-0.2, -0.15) is 5.11 Å². The molecule has 2 aliphatic heterocycles. The third-order valence-electron chi connectivity index (χ3n) is 3.31. The van der Waals surface area contributed by atoms with Crippen LogP contribution in [0.2, 0.25) is 0 Å². The minimum atomic E-state index is -3.63. The Kier molecular flexibility index (Phi) is 1.76. The van der Waals surface area contributed by atoms with Gasteiger partial charge in [0.15, 0.2) is 11.7 Å². The lowest BCUT2D eigenvalue weighted by Crippen LogP contribution is -2.66. The van der Waals surface area contributed by atoms with Gasteiger partial charge < -0.3 is 4.74 Å². The van der Waals surface area contributed by atoms with Gasteiger partial charge in [0.25, 0.3) is 10.9 Å². The van der Waals surface area contributed by atoms with Gasteiger partial charge in [-0.3, -0.25) is 0 Å². The van der Waals surface area contributed by atoms with Crippen molar-refractivity contribution in [3.05, 3.63) is 11.7 Å². The predicted molar refractivity (Wildman–Crippen MR) is 45.0 cm³/mol. The maximum Gasteiger partial charge on any atom is 0.296 e. The third-order valence-corrected chi connectivity index (χ3v) is 3.79. The molecule has 1 saturated heterocycles. The van der Waals surface area contributed by atoms with Crippen LogP contribution in [0.25, 0.3) is 0 Å². The van der Waals surface area contributed by atoms with E-state index in [0.717, 1.165) is 0 Å². The summed E-state index contributed by atoms with van der Waals surface area (Å²) in [5.74, 6) is -7.97. The largest absolute Gasteiger partial charge is 0.359 e. The zero-order valence-electron chi connectivity index (χ0n) is 7.98. The van der Waals surface area contributed by atoms with Crippen LogP contribution in [0, 0.1) is 0 Å². The SMILES string of the molecule is FC1=C(F)[C@@]2(F)CN=N[C@@]2(F)C2(CO2)[C@]1(F)Cl. The number of alkyl halides is 4. The molecule has 1 fully saturated rings. The number of nitrogens with zero attached hydrogens (tertiary/aromatic N) is 2. The quantitative estimate of drug-likeness (QED) is 0.290. The minimum Gasteiger partial charge on any atom is -0.359 e. The Bertz CT molecular complexity index is 477. The summed E-state index contributed by atoms with van der Waals surface area (Å²) in [5.41, 5.74) is -6.20. The average molecular weight is 275 g/mol. The van der Waals surface area contributed by atoms with Gasteiger partial charge in [-0.05, 0) is 0 Å². The lowest BCUT2D eigenvalue weighted by molar-refractivity contribution is -0.108. The second-order valence-corrected chi connectivity index (χ2v) is 4.66. The zero-order chi connectivity index (χ0) is 12.7. The molecule has 1 unspecified atom stereocenters. The number of azo groups is 1. The second kappa shape index (κ2) is 2.64. The Morgan fingerprint density at radius 2 is 1.76 bits per heavy atom. The van der Waals surface area contributed by atoms with E-state index < -0.39 is 47.0 Å². The molecule has 3 aliphatic rings. The fourth-order valence-electron chi connectivity index (χ4n) is 2.17. The molecule has 0 amide bonds. The maximum atomic E-state index is 14.4. The van der Waals surface area contributed by atoms with E-state index in [-0.39, 0.29) is 0 Å². The molecule has 1 spiro atoms. The van der Waals surface area contributed by atoms with Gasteiger partial charge in [0.2, 0.25) is 11.3 Å². The van der Waals surface area contributed by atoms with Crippen LogP contribution >= 0.6 is 11.6 Å². The molecule has 0 aromatic rings. The van der Waals surface area contributed by atoms with Crippen molar-refractivity contribution in [3.8, 4) is 0 Å².